The van der Waals surface area contributed by atoms with Crippen molar-refractivity contribution >= 4 is 27.5 Å². The Labute approximate surface area is 158 Å². The third kappa shape index (κ3) is 3.21. The molecule has 2 saturated heterocycles. The third-order valence-electron chi connectivity index (χ3n) is 5.82. The minimum Gasteiger partial charge on any atom is -0.494 e. The topological polar surface area (TPSA) is 54.5 Å². The molecule has 4 heterocycles. The van der Waals surface area contributed by atoms with Gasteiger partial charge >= 0.3 is 0 Å². The summed E-state index contributed by atoms with van der Waals surface area (Å²) in [7, 11) is 1.62. The predicted molar refractivity (Wildman–Crippen MR) is 105 cm³/mol. The number of nitrogens with zero attached hydrogens (tertiary/aromatic N) is 2. The molecule has 0 spiro atoms. The van der Waals surface area contributed by atoms with E-state index >= 15 is 0 Å². The molecule has 6 heteroatoms. The minimum atomic E-state index is -0.0174. The van der Waals surface area contributed by atoms with Crippen LogP contribution in [0.4, 0.5) is 0 Å². The Morgan fingerprint density at radius 3 is 2.85 bits per heavy atom. The number of carbonyl (C=O) groups is 1. The van der Waals surface area contributed by atoms with Crippen LogP contribution < -0.4 is 10.1 Å². The number of carbonyl (C=O) groups excluding carboxylic acids is 1. The van der Waals surface area contributed by atoms with Crippen molar-refractivity contribution < 1.29 is 9.53 Å². The highest BCUT2D eigenvalue weighted by Gasteiger charge is 2.40. The molecule has 2 unspecified atom stereocenters. The first-order chi connectivity index (χ1) is 12.7. The molecule has 2 aromatic heterocycles. The predicted octanol–water partition coefficient (Wildman–Crippen LogP) is 3.83. The molecule has 2 aliphatic heterocycles. The SMILES string of the molecule is CCCCN1C2CCC1CC(NC(=O)c1sc3ncccc3c1OC)C2. The third-order valence-corrected chi connectivity index (χ3v) is 6.91. The maximum absolute atomic E-state index is 12.9. The first kappa shape index (κ1) is 17.7. The van der Waals surface area contributed by atoms with Crippen molar-refractivity contribution in [3.63, 3.8) is 0 Å². The average molecular weight is 374 g/mol. The van der Waals surface area contributed by atoms with Crippen LogP contribution in [-0.4, -0.2) is 47.6 Å². The summed E-state index contributed by atoms with van der Waals surface area (Å²) < 4.78 is 5.53. The van der Waals surface area contributed by atoms with Gasteiger partial charge in [-0.3, -0.25) is 9.69 Å². The Morgan fingerprint density at radius 2 is 2.15 bits per heavy atom. The van der Waals surface area contributed by atoms with Crippen LogP contribution >= 0.6 is 11.3 Å². The van der Waals surface area contributed by atoms with Crippen molar-refractivity contribution in [2.45, 2.75) is 63.6 Å². The zero-order valence-electron chi connectivity index (χ0n) is 15.5. The second-order valence-corrected chi connectivity index (χ2v) is 8.44. The summed E-state index contributed by atoms with van der Waals surface area (Å²) in [5.74, 6) is 0.634. The first-order valence-electron chi connectivity index (χ1n) is 9.69. The summed E-state index contributed by atoms with van der Waals surface area (Å²) in [5.41, 5.74) is 0. The van der Waals surface area contributed by atoms with Crippen LogP contribution in [0.3, 0.4) is 0 Å². The van der Waals surface area contributed by atoms with Crippen molar-refractivity contribution in [1.82, 2.24) is 15.2 Å². The van der Waals surface area contributed by atoms with Crippen molar-refractivity contribution in [3.05, 3.63) is 23.2 Å². The number of nitrogens with one attached hydrogen (secondary N) is 1. The van der Waals surface area contributed by atoms with E-state index in [9.17, 15) is 4.79 Å². The standard InChI is InChI=1S/C20H27N3O2S/c1-3-4-10-23-14-7-8-15(23)12-13(11-14)22-19(24)18-17(25-2)16-6-5-9-21-20(16)26-18/h5-6,9,13-15H,3-4,7-8,10-12H2,1-2H3,(H,22,24). The van der Waals surface area contributed by atoms with Crippen LogP contribution in [0.2, 0.25) is 0 Å². The molecule has 2 aliphatic rings. The number of amides is 1. The Balaban J connectivity index is 1.46. The van der Waals surface area contributed by atoms with Gasteiger partial charge in [0.05, 0.1) is 12.5 Å². The molecule has 4 rings (SSSR count). The normalized spacial score (nSPS) is 25.5. The lowest BCUT2D eigenvalue weighted by molar-refractivity contribution is 0.0844. The quantitative estimate of drug-likeness (QED) is 0.836. The summed E-state index contributed by atoms with van der Waals surface area (Å²) in [6, 6.07) is 5.37. The molecule has 1 amide bonds. The lowest BCUT2D eigenvalue weighted by Crippen LogP contribution is -2.50. The molecule has 0 saturated carbocycles. The second kappa shape index (κ2) is 7.53. The highest BCUT2D eigenvalue weighted by molar-refractivity contribution is 7.20. The van der Waals surface area contributed by atoms with Gasteiger partial charge in [0.1, 0.15) is 9.71 Å². The fourth-order valence-corrected chi connectivity index (χ4v) is 5.63. The Bertz CT molecular complexity index is 776. The van der Waals surface area contributed by atoms with Crippen molar-refractivity contribution in [1.29, 1.82) is 0 Å². The van der Waals surface area contributed by atoms with E-state index in [2.05, 4.69) is 22.1 Å². The molecular weight excluding hydrogens is 346 g/mol. The van der Waals surface area contributed by atoms with Gasteiger partial charge in [0, 0.05) is 24.3 Å². The zero-order valence-corrected chi connectivity index (χ0v) is 16.3. The van der Waals surface area contributed by atoms with E-state index in [0.717, 1.165) is 23.1 Å². The van der Waals surface area contributed by atoms with Gasteiger partial charge in [-0.25, -0.2) is 4.98 Å². The number of unbranched alkanes of at least 4 members (excludes halogenated alkanes) is 1. The Morgan fingerprint density at radius 1 is 1.38 bits per heavy atom. The second-order valence-electron chi connectivity index (χ2n) is 7.44. The number of ether oxygens (including phenoxy) is 1. The van der Waals surface area contributed by atoms with Gasteiger partial charge in [0.2, 0.25) is 0 Å². The Kier molecular flexibility index (Phi) is 5.14. The zero-order chi connectivity index (χ0) is 18.1. The van der Waals surface area contributed by atoms with Crippen LogP contribution in [0.15, 0.2) is 18.3 Å². The van der Waals surface area contributed by atoms with E-state index in [1.165, 1.54) is 43.6 Å². The Hall–Kier alpha value is -1.66. The summed E-state index contributed by atoms with van der Waals surface area (Å²) in [6.07, 6.45) is 8.96. The molecule has 140 valence electrons. The van der Waals surface area contributed by atoms with Crippen molar-refractivity contribution in [2.75, 3.05) is 13.7 Å². The molecule has 2 atom stereocenters. The van der Waals surface area contributed by atoms with Crippen LogP contribution in [0.25, 0.3) is 10.2 Å². The molecule has 0 aromatic carbocycles. The average Bonchev–Trinajstić information content (AvgIpc) is 3.14. The molecule has 0 radical (unpaired) electrons. The van der Waals surface area contributed by atoms with Gasteiger partial charge in [0.25, 0.3) is 5.91 Å². The summed E-state index contributed by atoms with van der Waals surface area (Å²) in [4.78, 5) is 21.5. The minimum absolute atomic E-state index is 0.0174. The largest absolute Gasteiger partial charge is 0.494 e. The molecule has 1 N–H and O–H groups in total. The van der Waals surface area contributed by atoms with E-state index in [1.54, 1.807) is 13.3 Å². The maximum atomic E-state index is 12.9. The summed E-state index contributed by atoms with van der Waals surface area (Å²) >= 11 is 1.42. The molecule has 0 aliphatic carbocycles. The molecule has 2 bridgehead atoms. The highest BCUT2D eigenvalue weighted by atomic mass is 32.1. The van der Waals surface area contributed by atoms with Crippen LogP contribution in [0.1, 0.15) is 55.1 Å². The van der Waals surface area contributed by atoms with E-state index in [4.69, 9.17) is 4.74 Å². The summed E-state index contributed by atoms with van der Waals surface area (Å²) in [5, 5.41) is 4.20. The number of piperidine rings is 1. The number of thiophene rings is 1. The van der Waals surface area contributed by atoms with E-state index in [0.29, 0.717) is 22.7 Å². The summed E-state index contributed by atoms with van der Waals surface area (Å²) in [6.45, 7) is 3.46. The fraction of sp³-hybridized carbons (Fsp3) is 0.600. The number of rotatable bonds is 6. The van der Waals surface area contributed by atoms with Gasteiger partial charge in [-0.15, -0.1) is 11.3 Å². The molecule has 2 aromatic rings. The number of hydrogen-bond acceptors (Lipinski definition) is 5. The number of pyridine rings is 1. The van der Waals surface area contributed by atoms with Gasteiger partial charge in [-0.2, -0.15) is 0 Å². The maximum Gasteiger partial charge on any atom is 0.265 e. The van der Waals surface area contributed by atoms with E-state index in [1.807, 2.05) is 12.1 Å². The first-order valence-corrected chi connectivity index (χ1v) is 10.5. The van der Waals surface area contributed by atoms with Crippen LogP contribution in [-0.2, 0) is 0 Å². The van der Waals surface area contributed by atoms with Gasteiger partial charge in [-0.1, -0.05) is 13.3 Å². The number of methoxy groups -OCH3 is 1. The van der Waals surface area contributed by atoms with Crippen molar-refractivity contribution in [2.24, 2.45) is 0 Å². The lowest BCUT2D eigenvalue weighted by atomic mass is 9.97. The molecule has 5 nitrogen and oxygen atoms in total. The molecule has 2 fully saturated rings. The van der Waals surface area contributed by atoms with Gasteiger partial charge < -0.3 is 10.1 Å². The van der Waals surface area contributed by atoms with Crippen LogP contribution in [0, 0.1) is 0 Å². The lowest BCUT2D eigenvalue weighted by Gasteiger charge is -2.39. The van der Waals surface area contributed by atoms with E-state index < -0.39 is 0 Å². The molecular formula is C20H27N3O2S. The fourth-order valence-electron chi connectivity index (χ4n) is 4.61. The van der Waals surface area contributed by atoms with Gasteiger partial charge in [-0.05, 0) is 50.8 Å². The molecule has 26 heavy (non-hydrogen) atoms. The monoisotopic (exact) mass is 373 g/mol. The number of aromatic nitrogens is 1. The van der Waals surface area contributed by atoms with Crippen LogP contribution in [0.5, 0.6) is 5.75 Å². The number of hydrogen-bond donors (Lipinski definition) is 1. The number of fused-ring (bicyclic) bond motifs is 3. The van der Waals surface area contributed by atoms with E-state index in [-0.39, 0.29) is 11.9 Å². The van der Waals surface area contributed by atoms with Crippen molar-refractivity contribution in [3.8, 4) is 5.75 Å². The highest BCUT2D eigenvalue weighted by Crippen LogP contribution is 2.38. The smallest absolute Gasteiger partial charge is 0.265 e. The van der Waals surface area contributed by atoms with Gasteiger partial charge in [0.15, 0.2) is 5.75 Å².